The van der Waals surface area contributed by atoms with Gasteiger partial charge in [0.25, 0.3) is 0 Å². The van der Waals surface area contributed by atoms with Crippen LogP contribution < -0.4 is 19.7 Å². The maximum atomic E-state index is 14.3. The number of rotatable bonds is 10. The number of halogens is 2. The molecule has 0 unspecified atom stereocenters. The van der Waals surface area contributed by atoms with E-state index in [1.807, 2.05) is 12.1 Å². The molecule has 1 N–H and O–H groups in total. The standard InChI is InChI=1S/C28H34F2N6O3/c1-37-26-7-6-25(29)24(27(26)30)20-39-23-18-31-28(32-19-23)33-21-2-4-22(5-3-21)36-12-10-34(11-13-36)8-9-35-14-16-38-17-15-35/h2-7,18-19H,8-17,20H2,1H3,(H,31,32,33). The van der Waals surface area contributed by atoms with Crippen molar-refractivity contribution >= 4 is 17.3 Å². The fourth-order valence-electron chi connectivity index (χ4n) is 4.70. The lowest BCUT2D eigenvalue weighted by Crippen LogP contribution is -2.49. The van der Waals surface area contributed by atoms with Crippen LogP contribution in [0.4, 0.5) is 26.1 Å². The number of methoxy groups -OCH3 is 1. The number of ether oxygens (including phenoxy) is 3. The molecular weight excluding hydrogens is 506 g/mol. The molecule has 2 aliphatic rings. The van der Waals surface area contributed by atoms with E-state index in [0.717, 1.165) is 77.3 Å². The van der Waals surface area contributed by atoms with Crippen molar-refractivity contribution in [3.8, 4) is 11.5 Å². The largest absolute Gasteiger partial charge is 0.494 e. The zero-order valence-electron chi connectivity index (χ0n) is 22.1. The zero-order chi connectivity index (χ0) is 27.0. The van der Waals surface area contributed by atoms with E-state index in [2.05, 4.69) is 42.1 Å². The highest BCUT2D eigenvalue weighted by atomic mass is 19.1. The highest BCUT2D eigenvalue weighted by Gasteiger charge is 2.19. The molecule has 2 saturated heterocycles. The van der Waals surface area contributed by atoms with Gasteiger partial charge in [0.1, 0.15) is 12.4 Å². The van der Waals surface area contributed by atoms with Crippen molar-refractivity contribution in [1.82, 2.24) is 19.8 Å². The van der Waals surface area contributed by atoms with Crippen molar-refractivity contribution in [2.45, 2.75) is 6.61 Å². The minimum Gasteiger partial charge on any atom is -0.494 e. The summed E-state index contributed by atoms with van der Waals surface area (Å²) in [5.74, 6) is -0.852. The van der Waals surface area contributed by atoms with E-state index in [9.17, 15) is 8.78 Å². The summed E-state index contributed by atoms with van der Waals surface area (Å²) >= 11 is 0. The topological polar surface area (TPSA) is 75.2 Å². The van der Waals surface area contributed by atoms with Crippen molar-refractivity contribution in [2.24, 2.45) is 0 Å². The third-order valence-corrected chi connectivity index (χ3v) is 7.08. The van der Waals surface area contributed by atoms with Crippen LogP contribution in [0.3, 0.4) is 0 Å². The number of nitrogens with zero attached hydrogens (tertiary/aromatic N) is 5. The average molecular weight is 541 g/mol. The molecule has 0 spiro atoms. The van der Waals surface area contributed by atoms with Crippen molar-refractivity contribution < 1.29 is 23.0 Å². The molecule has 0 atom stereocenters. The summed E-state index contributed by atoms with van der Waals surface area (Å²) in [6.07, 6.45) is 2.91. The number of piperazine rings is 1. The van der Waals surface area contributed by atoms with E-state index < -0.39 is 11.6 Å². The summed E-state index contributed by atoms with van der Waals surface area (Å²) in [5.41, 5.74) is 1.83. The Hall–Kier alpha value is -3.54. The summed E-state index contributed by atoms with van der Waals surface area (Å²) < 4.78 is 44.1. The molecule has 0 aliphatic carbocycles. The van der Waals surface area contributed by atoms with E-state index in [4.69, 9.17) is 14.2 Å². The van der Waals surface area contributed by atoms with Gasteiger partial charge in [0.05, 0.1) is 38.3 Å². The molecule has 2 aromatic carbocycles. The van der Waals surface area contributed by atoms with Gasteiger partial charge in [-0.25, -0.2) is 18.7 Å². The predicted molar refractivity (Wildman–Crippen MR) is 145 cm³/mol. The van der Waals surface area contributed by atoms with Crippen LogP contribution in [0.1, 0.15) is 5.56 Å². The van der Waals surface area contributed by atoms with Gasteiger partial charge in [-0.1, -0.05) is 0 Å². The molecule has 3 heterocycles. The molecule has 0 bridgehead atoms. The van der Waals surface area contributed by atoms with Crippen LogP contribution in [-0.4, -0.2) is 92.4 Å². The molecule has 2 aliphatic heterocycles. The molecular formula is C28H34F2N6O3. The normalized spacial score (nSPS) is 16.7. The lowest BCUT2D eigenvalue weighted by Gasteiger charge is -2.37. The Morgan fingerprint density at radius 2 is 1.54 bits per heavy atom. The second kappa shape index (κ2) is 13.0. The molecule has 3 aromatic rings. The van der Waals surface area contributed by atoms with Gasteiger partial charge in [-0.2, -0.15) is 0 Å². The first-order valence-electron chi connectivity index (χ1n) is 13.2. The Bertz CT molecular complexity index is 1200. The first-order valence-corrected chi connectivity index (χ1v) is 13.2. The molecule has 39 heavy (non-hydrogen) atoms. The Kier molecular flexibility index (Phi) is 9.02. The number of benzene rings is 2. The Balaban J connectivity index is 1.08. The van der Waals surface area contributed by atoms with Crippen LogP contribution in [0.2, 0.25) is 0 Å². The lowest BCUT2D eigenvalue weighted by molar-refractivity contribution is 0.0331. The quantitative estimate of drug-likeness (QED) is 0.416. The highest BCUT2D eigenvalue weighted by molar-refractivity contribution is 5.59. The smallest absolute Gasteiger partial charge is 0.227 e. The van der Waals surface area contributed by atoms with Crippen LogP contribution in [0.15, 0.2) is 48.8 Å². The van der Waals surface area contributed by atoms with Gasteiger partial charge >= 0.3 is 0 Å². The van der Waals surface area contributed by atoms with E-state index >= 15 is 0 Å². The summed E-state index contributed by atoms with van der Waals surface area (Å²) in [6, 6.07) is 10.6. The number of aromatic nitrogens is 2. The highest BCUT2D eigenvalue weighted by Crippen LogP contribution is 2.25. The maximum Gasteiger partial charge on any atom is 0.227 e. The molecule has 11 heteroatoms. The summed E-state index contributed by atoms with van der Waals surface area (Å²) in [6.45, 7) is 9.80. The minimum atomic E-state index is -0.786. The zero-order valence-corrected chi connectivity index (χ0v) is 22.1. The SMILES string of the molecule is COc1ccc(F)c(COc2cnc(Nc3ccc(N4CCN(CCN5CCOCC5)CC4)cc3)nc2)c1F. The van der Waals surface area contributed by atoms with E-state index in [-0.39, 0.29) is 17.9 Å². The molecule has 208 valence electrons. The predicted octanol–water partition coefficient (Wildman–Crippen LogP) is 3.54. The van der Waals surface area contributed by atoms with Crippen LogP contribution >= 0.6 is 0 Å². The van der Waals surface area contributed by atoms with Gasteiger partial charge in [0.2, 0.25) is 5.95 Å². The van der Waals surface area contributed by atoms with Crippen molar-refractivity contribution in [3.63, 3.8) is 0 Å². The van der Waals surface area contributed by atoms with E-state index in [1.54, 1.807) is 0 Å². The lowest BCUT2D eigenvalue weighted by atomic mass is 10.2. The van der Waals surface area contributed by atoms with Gasteiger partial charge in [0, 0.05) is 63.7 Å². The fourth-order valence-corrected chi connectivity index (χ4v) is 4.70. The number of nitrogens with one attached hydrogen (secondary N) is 1. The van der Waals surface area contributed by atoms with Gasteiger partial charge in [0.15, 0.2) is 17.3 Å². The monoisotopic (exact) mass is 540 g/mol. The molecule has 5 rings (SSSR count). The van der Waals surface area contributed by atoms with Gasteiger partial charge in [-0.15, -0.1) is 0 Å². The summed E-state index contributed by atoms with van der Waals surface area (Å²) in [5, 5.41) is 3.17. The number of hydrogen-bond acceptors (Lipinski definition) is 9. The van der Waals surface area contributed by atoms with Crippen LogP contribution in [0, 0.1) is 11.6 Å². The first kappa shape index (κ1) is 27.0. The van der Waals surface area contributed by atoms with Crippen molar-refractivity contribution in [2.75, 3.05) is 82.9 Å². The molecule has 9 nitrogen and oxygen atoms in total. The Morgan fingerprint density at radius 3 is 2.21 bits per heavy atom. The van der Waals surface area contributed by atoms with Gasteiger partial charge < -0.3 is 24.4 Å². The molecule has 1 aromatic heterocycles. The fraction of sp³-hybridized carbons (Fsp3) is 0.429. The molecule has 0 saturated carbocycles. The average Bonchev–Trinajstić information content (AvgIpc) is 2.98. The number of morpholine rings is 1. The first-order chi connectivity index (χ1) is 19.1. The second-order valence-electron chi connectivity index (χ2n) is 9.53. The van der Waals surface area contributed by atoms with Crippen LogP contribution in [0.25, 0.3) is 0 Å². The molecule has 2 fully saturated rings. The second-order valence-corrected chi connectivity index (χ2v) is 9.53. The minimum absolute atomic E-state index is 0.0430. The summed E-state index contributed by atoms with van der Waals surface area (Å²) in [7, 11) is 1.32. The van der Waals surface area contributed by atoms with E-state index in [0.29, 0.717) is 11.7 Å². The summed E-state index contributed by atoms with van der Waals surface area (Å²) in [4.78, 5) is 15.9. The van der Waals surface area contributed by atoms with Gasteiger partial charge in [-0.05, 0) is 36.4 Å². The van der Waals surface area contributed by atoms with Crippen LogP contribution in [-0.2, 0) is 11.3 Å². The Morgan fingerprint density at radius 1 is 0.872 bits per heavy atom. The third kappa shape index (κ3) is 7.11. The molecule has 0 amide bonds. The van der Waals surface area contributed by atoms with Gasteiger partial charge in [-0.3, -0.25) is 9.80 Å². The number of anilines is 3. The van der Waals surface area contributed by atoms with Crippen molar-refractivity contribution in [1.29, 1.82) is 0 Å². The number of hydrogen-bond donors (Lipinski definition) is 1. The maximum absolute atomic E-state index is 14.3. The third-order valence-electron chi connectivity index (χ3n) is 7.08. The van der Waals surface area contributed by atoms with Crippen molar-refractivity contribution in [3.05, 3.63) is 66.0 Å². The Labute approximate surface area is 227 Å². The molecule has 0 radical (unpaired) electrons. The van der Waals surface area contributed by atoms with Crippen LogP contribution in [0.5, 0.6) is 11.5 Å². The van der Waals surface area contributed by atoms with E-state index in [1.165, 1.54) is 31.3 Å².